The van der Waals surface area contributed by atoms with Gasteiger partial charge in [-0.05, 0) is 29.3 Å². The van der Waals surface area contributed by atoms with Crippen molar-refractivity contribution in [1.82, 2.24) is 19.7 Å². The predicted octanol–water partition coefficient (Wildman–Crippen LogP) is 2.94. The smallest absolute Gasteiger partial charge is 0.164 e. The lowest BCUT2D eigenvalue weighted by molar-refractivity contribution is 0.660. The summed E-state index contributed by atoms with van der Waals surface area (Å²) >= 11 is 3.44. The first kappa shape index (κ1) is 13.0. The van der Waals surface area contributed by atoms with Gasteiger partial charge in [-0.15, -0.1) is 0 Å². The van der Waals surface area contributed by atoms with Gasteiger partial charge in [0.2, 0.25) is 0 Å². The van der Waals surface area contributed by atoms with E-state index in [-0.39, 0.29) is 0 Å². The van der Waals surface area contributed by atoms with Crippen molar-refractivity contribution in [1.29, 1.82) is 0 Å². The van der Waals surface area contributed by atoms with Crippen molar-refractivity contribution in [3.8, 4) is 11.4 Å². The summed E-state index contributed by atoms with van der Waals surface area (Å²) in [5.41, 5.74) is 0.934. The van der Waals surface area contributed by atoms with E-state index in [2.05, 4.69) is 43.2 Å². The van der Waals surface area contributed by atoms with E-state index in [0.717, 1.165) is 35.4 Å². The van der Waals surface area contributed by atoms with Crippen LogP contribution in [-0.4, -0.2) is 26.3 Å². The SMILES string of the molecule is CCCNc1nc(-c2cnn(CC)c2)ncc1Br. The van der Waals surface area contributed by atoms with Crippen LogP contribution in [0.2, 0.25) is 0 Å². The first-order chi connectivity index (χ1) is 8.74. The van der Waals surface area contributed by atoms with Gasteiger partial charge in [0.15, 0.2) is 5.82 Å². The van der Waals surface area contributed by atoms with Gasteiger partial charge in [-0.1, -0.05) is 6.92 Å². The van der Waals surface area contributed by atoms with Gasteiger partial charge in [-0.25, -0.2) is 9.97 Å². The van der Waals surface area contributed by atoms with Gasteiger partial charge in [0.25, 0.3) is 0 Å². The van der Waals surface area contributed by atoms with E-state index in [0.29, 0.717) is 5.82 Å². The number of halogens is 1. The Morgan fingerprint density at radius 2 is 2.17 bits per heavy atom. The second kappa shape index (κ2) is 5.95. The Hall–Kier alpha value is -1.43. The molecule has 0 atom stereocenters. The molecule has 2 rings (SSSR count). The van der Waals surface area contributed by atoms with Crippen LogP contribution in [0.4, 0.5) is 5.82 Å². The molecule has 6 heteroatoms. The van der Waals surface area contributed by atoms with Crippen molar-refractivity contribution in [2.75, 3.05) is 11.9 Å². The minimum atomic E-state index is 0.691. The zero-order valence-corrected chi connectivity index (χ0v) is 12.1. The number of aryl methyl sites for hydroxylation is 1. The molecule has 2 aromatic heterocycles. The maximum atomic E-state index is 4.51. The molecule has 0 amide bonds. The van der Waals surface area contributed by atoms with Gasteiger partial charge < -0.3 is 5.32 Å². The number of rotatable bonds is 5. The first-order valence-electron chi connectivity index (χ1n) is 6.03. The van der Waals surface area contributed by atoms with Crippen LogP contribution in [0, 0.1) is 0 Å². The summed E-state index contributed by atoms with van der Waals surface area (Å²) in [6.07, 6.45) is 6.56. The predicted molar refractivity (Wildman–Crippen MR) is 75.4 cm³/mol. The molecule has 5 nitrogen and oxygen atoms in total. The van der Waals surface area contributed by atoms with Gasteiger partial charge >= 0.3 is 0 Å². The molecule has 0 aromatic carbocycles. The molecule has 0 saturated heterocycles. The lowest BCUT2D eigenvalue weighted by Crippen LogP contribution is -2.04. The third kappa shape index (κ3) is 2.87. The van der Waals surface area contributed by atoms with Crippen LogP contribution in [0.15, 0.2) is 23.1 Å². The Morgan fingerprint density at radius 1 is 1.33 bits per heavy atom. The Kier molecular flexibility index (Phi) is 4.30. The number of aromatic nitrogens is 4. The first-order valence-corrected chi connectivity index (χ1v) is 6.83. The quantitative estimate of drug-likeness (QED) is 0.922. The summed E-state index contributed by atoms with van der Waals surface area (Å²) in [4.78, 5) is 8.82. The highest BCUT2D eigenvalue weighted by Gasteiger charge is 2.08. The molecule has 0 radical (unpaired) electrons. The molecule has 0 spiro atoms. The normalized spacial score (nSPS) is 10.6. The van der Waals surface area contributed by atoms with Gasteiger partial charge in [-0.3, -0.25) is 4.68 Å². The summed E-state index contributed by atoms with van der Waals surface area (Å²) in [6, 6.07) is 0. The molecular weight excluding hydrogens is 294 g/mol. The van der Waals surface area contributed by atoms with Crippen LogP contribution in [0.3, 0.4) is 0 Å². The fourth-order valence-corrected chi connectivity index (χ4v) is 1.86. The van der Waals surface area contributed by atoms with Gasteiger partial charge in [0, 0.05) is 25.5 Å². The fourth-order valence-electron chi connectivity index (χ4n) is 1.53. The zero-order chi connectivity index (χ0) is 13.0. The van der Waals surface area contributed by atoms with Crippen LogP contribution < -0.4 is 5.32 Å². The lowest BCUT2D eigenvalue weighted by atomic mass is 10.3. The highest BCUT2D eigenvalue weighted by atomic mass is 79.9. The average molecular weight is 310 g/mol. The third-order valence-electron chi connectivity index (χ3n) is 2.50. The van der Waals surface area contributed by atoms with Crippen molar-refractivity contribution in [3.05, 3.63) is 23.1 Å². The monoisotopic (exact) mass is 309 g/mol. The largest absolute Gasteiger partial charge is 0.369 e. The summed E-state index contributed by atoms with van der Waals surface area (Å²) in [7, 11) is 0. The van der Waals surface area contributed by atoms with E-state index in [1.807, 2.05) is 17.8 Å². The average Bonchev–Trinajstić information content (AvgIpc) is 2.86. The topological polar surface area (TPSA) is 55.6 Å². The number of hydrogen-bond acceptors (Lipinski definition) is 4. The van der Waals surface area contributed by atoms with Gasteiger partial charge in [-0.2, -0.15) is 5.10 Å². The second-order valence-corrected chi connectivity index (χ2v) is 4.76. The van der Waals surface area contributed by atoms with Crippen molar-refractivity contribution >= 4 is 21.7 Å². The van der Waals surface area contributed by atoms with E-state index < -0.39 is 0 Å². The Morgan fingerprint density at radius 3 is 2.83 bits per heavy atom. The van der Waals surface area contributed by atoms with Gasteiger partial charge in [0.1, 0.15) is 5.82 Å². The number of nitrogens with one attached hydrogen (secondary N) is 1. The summed E-state index contributed by atoms with van der Waals surface area (Å²) in [5, 5.41) is 7.50. The van der Waals surface area contributed by atoms with E-state index >= 15 is 0 Å². The van der Waals surface area contributed by atoms with Crippen LogP contribution >= 0.6 is 15.9 Å². The van der Waals surface area contributed by atoms with Gasteiger partial charge in [0.05, 0.1) is 16.2 Å². The third-order valence-corrected chi connectivity index (χ3v) is 3.08. The molecule has 0 aliphatic heterocycles. The number of hydrogen-bond donors (Lipinski definition) is 1. The van der Waals surface area contributed by atoms with Crippen molar-refractivity contribution in [2.45, 2.75) is 26.8 Å². The van der Waals surface area contributed by atoms with Crippen LogP contribution in [0.25, 0.3) is 11.4 Å². The summed E-state index contributed by atoms with van der Waals surface area (Å²) in [5.74, 6) is 1.52. The Labute approximate surface area is 115 Å². The maximum absolute atomic E-state index is 4.51. The standard InChI is InChI=1S/C12H16BrN5/c1-3-5-14-12-10(13)7-15-11(17-12)9-6-16-18(4-2)8-9/h6-8H,3-5H2,1-2H3,(H,14,15,17). The summed E-state index contributed by atoms with van der Waals surface area (Å²) < 4.78 is 2.74. The van der Waals surface area contributed by atoms with Crippen molar-refractivity contribution in [3.63, 3.8) is 0 Å². The summed E-state index contributed by atoms with van der Waals surface area (Å²) in [6.45, 7) is 5.91. The molecule has 0 aliphatic carbocycles. The van der Waals surface area contributed by atoms with E-state index in [9.17, 15) is 0 Å². The highest BCUT2D eigenvalue weighted by Crippen LogP contribution is 2.22. The zero-order valence-electron chi connectivity index (χ0n) is 10.5. The lowest BCUT2D eigenvalue weighted by Gasteiger charge is -2.06. The molecule has 0 bridgehead atoms. The Balaban J connectivity index is 2.28. The molecule has 18 heavy (non-hydrogen) atoms. The fraction of sp³-hybridized carbons (Fsp3) is 0.417. The molecule has 96 valence electrons. The van der Waals surface area contributed by atoms with Crippen LogP contribution in [-0.2, 0) is 6.54 Å². The molecule has 0 fully saturated rings. The van der Waals surface area contributed by atoms with Crippen LogP contribution in [0.1, 0.15) is 20.3 Å². The molecule has 2 heterocycles. The van der Waals surface area contributed by atoms with E-state index in [1.54, 1.807) is 12.4 Å². The molecule has 0 saturated carbocycles. The second-order valence-electron chi connectivity index (χ2n) is 3.90. The molecule has 2 aromatic rings. The molecule has 1 N–H and O–H groups in total. The molecule has 0 unspecified atom stereocenters. The highest BCUT2D eigenvalue weighted by molar-refractivity contribution is 9.10. The maximum Gasteiger partial charge on any atom is 0.164 e. The number of nitrogens with zero attached hydrogens (tertiary/aromatic N) is 4. The van der Waals surface area contributed by atoms with E-state index in [4.69, 9.17) is 0 Å². The minimum absolute atomic E-state index is 0.691. The van der Waals surface area contributed by atoms with Crippen LogP contribution in [0.5, 0.6) is 0 Å². The Bertz CT molecular complexity index is 523. The van der Waals surface area contributed by atoms with E-state index in [1.165, 1.54) is 0 Å². The van der Waals surface area contributed by atoms with Crippen molar-refractivity contribution in [2.24, 2.45) is 0 Å². The molecular formula is C12H16BrN5. The number of anilines is 1. The minimum Gasteiger partial charge on any atom is -0.369 e. The molecule has 0 aliphatic rings. The van der Waals surface area contributed by atoms with Crippen molar-refractivity contribution < 1.29 is 0 Å².